The molecule has 0 aromatic heterocycles. The van der Waals surface area contributed by atoms with Crippen molar-refractivity contribution in [2.75, 3.05) is 13.2 Å². The van der Waals surface area contributed by atoms with Gasteiger partial charge in [-0.05, 0) is 11.6 Å². The lowest BCUT2D eigenvalue weighted by atomic mass is 10.2. The molecule has 0 heterocycles. The molecule has 2 amide bonds. The zero-order chi connectivity index (χ0) is 18.9. The number of nitrogens with two attached hydrogens (primary N) is 1. The molecule has 0 saturated heterocycles. The molecule has 2 aromatic carbocycles. The van der Waals surface area contributed by atoms with Crippen LogP contribution in [0.4, 0.5) is 5.69 Å². The molecular formula is C18H19N3O5. The summed E-state index contributed by atoms with van der Waals surface area (Å²) < 4.78 is 5.34. The number of nitro groups is 1. The smallest absolute Gasteiger partial charge is 0.310 e. The van der Waals surface area contributed by atoms with Gasteiger partial charge < -0.3 is 15.4 Å². The number of hydrogen-bond donors (Lipinski definition) is 1. The van der Waals surface area contributed by atoms with Crippen molar-refractivity contribution >= 4 is 17.5 Å². The molecule has 2 rings (SSSR count). The van der Waals surface area contributed by atoms with Gasteiger partial charge in [0.2, 0.25) is 5.91 Å². The number of carbonyl (C=O) groups is 2. The van der Waals surface area contributed by atoms with Crippen molar-refractivity contribution < 1.29 is 19.2 Å². The lowest BCUT2D eigenvalue weighted by Crippen LogP contribution is -2.36. The van der Waals surface area contributed by atoms with Gasteiger partial charge in [0, 0.05) is 25.6 Å². The van der Waals surface area contributed by atoms with Gasteiger partial charge in [0.05, 0.1) is 4.92 Å². The maximum absolute atomic E-state index is 12.5. The van der Waals surface area contributed by atoms with Crippen molar-refractivity contribution in [3.05, 3.63) is 70.3 Å². The average molecular weight is 357 g/mol. The van der Waals surface area contributed by atoms with Gasteiger partial charge in [0.15, 0.2) is 12.4 Å². The average Bonchev–Trinajstić information content (AvgIpc) is 2.64. The monoisotopic (exact) mass is 357 g/mol. The predicted octanol–water partition coefficient (Wildman–Crippen LogP) is 1.88. The summed E-state index contributed by atoms with van der Waals surface area (Å²) in [5.41, 5.74) is 5.84. The van der Waals surface area contributed by atoms with Crippen LogP contribution in [0.5, 0.6) is 5.75 Å². The van der Waals surface area contributed by atoms with E-state index in [-0.39, 0.29) is 37.6 Å². The van der Waals surface area contributed by atoms with E-state index < -0.39 is 16.7 Å². The van der Waals surface area contributed by atoms with Crippen LogP contribution in [0.2, 0.25) is 0 Å². The molecule has 0 fully saturated rings. The maximum atomic E-state index is 12.5. The van der Waals surface area contributed by atoms with Crippen molar-refractivity contribution in [1.29, 1.82) is 0 Å². The van der Waals surface area contributed by atoms with Crippen LogP contribution in [0.3, 0.4) is 0 Å². The highest BCUT2D eigenvalue weighted by molar-refractivity contribution is 5.79. The molecule has 2 N–H and O–H groups in total. The number of nitro benzene ring substituents is 1. The lowest BCUT2D eigenvalue weighted by molar-refractivity contribution is -0.385. The number of nitrogens with zero attached hydrogens (tertiary/aromatic N) is 2. The Kier molecular flexibility index (Phi) is 6.67. The summed E-state index contributed by atoms with van der Waals surface area (Å²) in [5, 5.41) is 11.0. The zero-order valence-corrected chi connectivity index (χ0v) is 14.0. The Morgan fingerprint density at radius 3 is 2.38 bits per heavy atom. The van der Waals surface area contributed by atoms with E-state index >= 15 is 0 Å². The molecule has 0 saturated carbocycles. The molecular weight excluding hydrogens is 338 g/mol. The minimum Gasteiger partial charge on any atom is -0.477 e. The Hall–Kier alpha value is -3.42. The van der Waals surface area contributed by atoms with Gasteiger partial charge in [-0.15, -0.1) is 0 Å². The van der Waals surface area contributed by atoms with Gasteiger partial charge in [-0.3, -0.25) is 19.7 Å². The lowest BCUT2D eigenvalue weighted by Gasteiger charge is -2.22. The largest absolute Gasteiger partial charge is 0.477 e. The van der Waals surface area contributed by atoms with Crippen LogP contribution in [0.25, 0.3) is 0 Å². The molecule has 8 heteroatoms. The molecule has 136 valence electrons. The number of para-hydroxylation sites is 2. The molecule has 0 aliphatic rings. The number of rotatable bonds is 9. The van der Waals surface area contributed by atoms with Crippen LogP contribution in [-0.4, -0.2) is 34.8 Å². The van der Waals surface area contributed by atoms with Crippen LogP contribution in [0.15, 0.2) is 54.6 Å². The summed E-state index contributed by atoms with van der Waals surface area (Å²) in [6.07, 6.45) is 0.0179. The fourth-order valence-corrected chi connectivity index (χ4v) is 2.30. The van der Waals surface area contributed by atoms with Gasteiger partial charge in [0.25, 0.3) is 5.91 Å². The first-order chi connectivity index (χ1) is 12.5. The number of benzene rings is 2. The van der Waals surface area contributed by atoms with E-state index in [0.29, 0.717) is 0 Å². The Morgan fingerprint density at radius 1 is 1.08 bits per heavy atom. The Morgan fingerprint density at radius 2 is 1.73 bits per heavy atom. The first kappa shape index (κ1) is 18.9. The molecule has 0 atom stereocenters. The summed E-state index contributed by atoms with van der Waals surface area (Å²) in [7, 11) is 0. The van der Waals surface area contributed by atoms with Crippen LogP contribution in [-0.2, 0) is 16.1 Å². The number of amides is 2. The third kappa shape index (κ3) is 5.59. The van der Waals surface area contributed by atoms with Crippen molar-refractivity contribution in [2.45, 2.75) is 13.0 Å². The molecule has 0 aliphatic heterocycles. The molecule has 0 unspecified atom stereocenters. The van der Waals surface area contributed by atoms with Crippen molar-refractivity contribution in [2.24, 2.45) is 5.73 Å². The van der Waals surface area contributed by atoms with E-state index in [2.05, 4.69) is 0 Å². The second-order valence-corrected chi connectivity index (χ2v) is 5.53. The minimum atomic E-state index is -0.575. The normalized spacial score (nSPS) is 10.2. The highest BCUT2D eigenvalue weighted by atomic mass is 16.6. The van der Waals surface area contributed by atoms with Gasteiger partial charge >= 0.3 is 5.69 Å². The highest BCUT2D eigenvalue weighted by Gasteiger charge is 2.19. The van der Waals surface area contributed by atoms with Gasteiger partial charge in [0.1, 0.15) is 0 Å². The van der Waals surface area contributed by atoms with E-state index in [0.717, 1.165) is 5.56 Å². The second kappa shape index (κ2) is 9.16. The van der Waals surface area contributed by atoms with Gasteiger partial charge in [-0.25, -0.2) is 0 Å². The third-order valence-corrected chi connectivity index (χ3v) is 3.61. The summed E-state index contributed by atoms with van der Waals surface area (Å²) in [6, 6.07) is 15.1. The SMILES string of the molecule is NC(=O)CCN(Cc1ccccc1)C(=O)COc1ccccc1[N+](=O)[O-]. The van der Waals surface area contributed by atoms with Crippen LogP contribution < -0.4 is 10.5 Å². The topological polar surface area (TPSA) is 116 Å². The fraction of sp³-hybridized carbons (Fsp3) is 0.222. The summed E-state index contributed by atoms with van der Waals surface area (Å²) in [5.74, 6) is -0.899. The molecule has 0 bridgehead atoms. The first-order valence-electron chi connectivity index (χ1n) is 7.93. The molecule has 26 heavy (non-hydrogen) atoms. The second-order valence-electron chi connectivity index (χ2n) is 5.53. The van der Waals surface area contributed by atoms with Crippen LogP contribution in [0.1, 0.15) is 12.0 Å². The fourth-order valence-electron chi connectivity index (χ4n) is 2.30. The highest BCUT2D eigenvalue weighted by Crippen LogP contribution is 2.25. The Balaban J connectivity index is 2.06. The minimum absolute atomic E-state index is 0.0143. The van der Waals surface area contributed by atoms with Crippen molar-refractivity contribution in [3.63, 3.8) is 0 Å². The van der Waals surface area contributed by atoms with E-state index in [1.54, 1.807) is 6.07 Å². The molecule has 0 aliphatic carbocycles. The van der Waals surface area contributed by atoms with E-state index in [4.69, 9.17) is 10.5 Å². The van der Waals surface area contributed by atoms with Crippen LogP contribution in [0, 0.1) is 10.1 Å². The summed E-state index contributed by atoms with van der Waals surface area (Å²) in [4.78, 5) is 35.4. The number of hydrogen-bond acceptors (Lipinski definition) is 5. The quantitative estimate of drug-likeness (QED) is 0.543. The van der Waals surface area contributed by atoms with E-state index in [9.17, 15) is 19.7 Å². The molecule has 8 nitrogen and oxygen atoms in total. The zero-order valence-electron chi connectivity index (χ0n) is 14.0. The summed E-state index contributed by atoms with van der Waals surface area (Å²) in [6.45, 7) is 0.0486. The molecule has 0 spiro atoms. The number of primary amides is 1. The Bertz CT molecular complexity index is 779. The van der Waals surface area contributed by atoms with Gasteiger partial charge in [-0.2, -0.15) is 0 Å². The standard InChI is InChI=1S/C18H19N3O5/c19-17(22)10-11-20(12-14-6-2-1-3-7-14)18(23)13-26-16-9-5-4-8-15(16)21(24)25/h1-9H,10-13H2,(H2,19,22). The molecule has 0 radical (unpaired) electrons. The maximum Gasteiger partial charge on any atom is 0.310 e. The number of ether oxygens (including phenoxy) is 1. The third-order valence-electron chi connectivity index (χ3n) is 3.61. The van der Waals surface area contributed by atoms with Gasteiger partial charge in [-0.1, -0.05) is 42.5 Å². The number of carbonyl (C=O) groups excluding carboxylic acids is 2. The van der Waals surface area contributed by atoms with E-state index in [1.165, 1.54) is 23.1 Å². The van der Waals surface area contributed by atoms with E-state index in [1.807, 2.05) is 30.3 Å². The molecule has 2 aromatic rings. The summed E-state index contributed by atoms with van der Waals surface area (Å²) >= 11 is 0. The van der Waals surface area contributed by atoms with Crippen LogP contribution >= 0.6 is 0 Å². The Labute approximate surface area is 150 Å². The van der Waals surface area contributed by atoms with Crippen molar-refractivity contribution in [3.8, 4) is 5.75 Å². The van der Waals surface area contributed by atoms with Crippen molar-refractivity contribution in [1.82, 2.24) is 4.90 Å². The predicted molar refractivity (Wildman–Crippen MR) is 94.3 cm³/mol. The first-order valence-corrected chi connectivity index (χ1v) is 7.93.